The number of hydrogen-bond acceptors (Lipinski definition) is 2. The van der Waals surface area contributed by atoms with Crippen molar-refractivity contribution in [2.24, 2.45) is 0 Å². The van der Waals surface area contributed by atoms with Crippen LogP contribution in [-0.4, -0.2) is 11.5 Å². The van der Waals surface area contributed by atoms with Crippen molar-refractivity contribution in [2.75, 3.05) is 0 Å². The second-order valence-corrected chi connectivity index (χ2v) is 7.09. The first-order chi connectivity index (χ1) is 12.0. The molecule has 25 heavy (non-hydrogen) atoms. The van der Waals surface area contributed by atoms with Gasteiger partial charge in [-0.2, -0.15) is 0 Å². The molecule has 0 spiro atoms. The number of para-hydroxylation sites is 1. The molecule has 2 aromatic carbocycles. The predicted octanol–water partition coefficient (Wildman–Crippen LogP) is 5.08. The van der Waals surface area contributed by atoms with E-state index in [1.54, 1.807) is 0 Å². The quantitative estimate of drug-likeness (QED) is 0.810. The van der Waals surface area contributed by atoms with Crippen molar-refractivity contribution in [3.8, 4) is 5.75 Å². The minimum absolute atomic E-state index is 0.0186. The van der Waals surface area contributed by atoms with Crippen molar-refractivity contribution in [1.29, 1.82) is 0 Å². The highest BCUT2D eigenvalue weighted by molar-refractivity contribution is 6.30. The third-order valence-electron chi connectivity index (χ3n) is 5.10. The van der Waals surface area contributed by atoms with Crippen molar-refractivity contribution >= 4 is 17.5 Å². The summed E-state index contributed by atoms with van der Waals surface area (Å²) in [5.74, 6) is 0.902. The molecule has 0 saturated carbocycles. The second kappa shape index (κ2) is 7.49. The van der Waals surface area contributed by atoms with Crippen LogP contribution in [0.5, 0.6) is 5.75 Å². The molecule has 4 heteroatoms. The van der Waals surface area contributed by atoms with Crippen LogP contribution in [0, 0.1) is 0 Å². The summed E-state index contributed by atoms with van der Waals surface area (Å²) in [6.07, 6.45) is 2.98. The third kappa shape index (κ3) is 3.98. The molecule has 3 rings (SSSR count). The molecular formula is C21H24ClNO2. The molecule has 0 unspecified atom stereocenters. The van der Waals surface area contributed by atoms with Crippen LogP contribution in [0.25, 0.3) is 0 Å². The number of rotatable bonds is 5. The maximum atomic E-state index is 12.6. The molecule has 1 heterocycles. The lowest BCUT2D eigenvalue weighted by Gasteiger charge is -2.41. The Bertz CT molecular complexity index is 738. The van der Waals surface area contributed by atoms with Gasteiger partial charge in [0.25, 0.3) is 0 Å². The van der Waals surface area contributed by atoms with E-state index in [9.17, 15) is 4.79 Å². The Morgan fingerprint density at radius 3 is 2.52 bits per heavy atom. The number of carbonyl (C=O) groups excluding carboxylic acids is 1. The third-order valence-corrected chi connectivity index (χ3v) is 5.35. The number of halogens is 1. The normalized spacial score (nSPS) is 18.1. The Labute approximate surface area is 154 Å². The fraction of sp³-hybridized carbons (Fsp3) is 0.381. The summed E-state index contributed by atoms with van der Waals surface area (Å²) in [4.78, 5) is 12.6. The van der Waals surface area contributed by atoms with Gasteiger partial charge in [-0.25, -0.2) is 0 Å². The zero-order valence-electron chi connectivity index (χ0n) is 14.7. The first-order valence-corrected chi connectivity index (χ1v) is 9.25. The monoisotopic (exact) mass is 357 g/mol. The number of hydrogen-bond donors (Lipinski definition) is 1. The molecule has 132 valence electrons. The largest absolute Gasteiger partial charge is 0.487 e. The molecule has 0 radical (unpaired) electrons. The van der Waals surface area contributed by atoms with Gasteiger partial charge >= 0.3 is 0 Å². The van der Waals surface area contributed by atoms with Crippen molar-refractivity contribution in [3.63, 3.8) is 0 Å². The lowest BCUT2D eigenvalue weighted by molar-refractivity contribution is -0.121. The molecule has 3 nitrogen and oxygen atoms in total. The first kappa shape index (κ1) is 17.8. The zero-order chi connectivity index (χ0) is 17.9. The molecule has 0 aliphatic carbocycles. The molecule has 2 aromatic rings. The van der Waals surface area contributed by atoms with Gasteiger partial charge in [-0.15, -0.1) is 0 Å². The van der Waals surface area contributed by atoms with Crippen molar-refractivity contribution in [3.05, 3.63) is 64.7 Å². The Hall–Kier alpha value is -2.00. The van der Waals surface area contributed by atoms with Crippen LogP contribution >= 0.6 is 11.6 Å². The van der Waals surface area contributed by atoms with Gasteiger partial charge < -0.3 is 10.1 Å². The molecule has 1 aliphatic heterocycles. The van der Waals surface area contributed by atoms with E-state index in [2.05, 4.69) is 19.2 Å². The molecular weight excluding hydrogens is 334 g/mol. The zero-order valence-corrected chi connectivity index (χ0v) is 15.5. The highest BCUT2D eigenvalue weighted by atomic mass is 35.5. The number of ether oxygens (including phenoxy) is 1. The van der Waals surface area contributed by atoms with Crippen molar-refractivity contribution in [1.82, 2.24) is 5.32 Å². The Balaban J connectivity index is 1.78. The summed E-state index contributed by atoms with van der Waals surface area (Å²) < 4.78 is 6.30. The number of nitrogens with one attached hydrogen (secondary N) is 1. The maximum absolute atomic E-state index is 12.6. The molecule has 1 aliphatic rings. The van der Waals surface area contributed by atoms with Gasteiger partial charge in [0.05, 0.1) is 12.5 Å². The SMILES string of the molecule is CCC1(CC)C[C@H](NC(=O)Cc2ccc(Cl)cc2)c2ccccc2O1. The van der Waals surface area contributed by atoms with Crippen LogP contribution in [0.3, 0.4) is 0 Å². The van der Waals surface area contributed by atoms with Crippen LogP contribution in [0.15, 0.2) is 48.5 Å². The summed E-state index contributed by atoms with van der Waals surface area (Å²) in [6, 6.07) is 15.4. The predicted molar refractivity (Wildman–Crippen MR) is 101 cm³/mol. The van der Waals surface area contributed by atoms with Crippen LogP contribution in [-0.2, 0) is 11.2 Å². The summed E-state index contributed by atoms with van der Waals surface area (Å²) >= 11 is 5.91. The average Bonchev–Trinajstić information content (AvgIpc) is 2.63. The van der Waals surface area contributed by atoms with E-state index in [-0.39, 0.29) is 17.6 Å². The van der Waals surface area contributed by atoms with Crippen LogP contribution < -0.4 is 10.1 Å². The molecule has 0 saturated heterocycles. The van der Waals surface area contributed by atoms with E-state index in [1.165, 1.54) is 0 Å². The Morgan fingerprint density at radius 1 is 1.16 bits per heavy atom. The fourth-order valence-corrected chi connectivity index (χ4v) is 3.59. The molecule has 0 fully saturated rings. The van der Waals surface area contributed by atoms with E-state index in [4.69, 9.17) is 16.3 Å². The average molecular weight is 358 g/mol. The minimum atomic E-state index is -0.216. The smallest absolute Gasteiger partial charge is 0.224 e. The topological polar surface area (TPSA) is 38.3 Å². The number of fused-ring (bicyclic) bond motifs is 1. The number of amides is 1. The Morgan fingerprint density at radius 2 is 1.84 bits per heavy atom. The molecule has 0 aromatic heterocycles. The number of carbonyl (C=O) groups is 1. The molecule has 1 N–H and O–H groups in total. The summed E-state index contributed by atoms with van der Waals surface area (Å²) in [6.45, 7) is 4.29. The van der Waals surface area contributed by atoms with Crippen LogP contribution in [0.2, 0.25) is 5.02 Å². The molecule has 1 atom stereocenters. The highest BCUT2D eigenvalue weighted by Crippen LogP contribution is 2.42. The van der Waals surface area contributed by atoms with Gasteiger partial charge in [0.2, 0.25) is 5.91 Å². The van der Waals surface area contributed by atoms with Crippen molar-refractivity contribution in [2.45, 2.75) is 51.2 Å². The standard InChI is InChI=1S/C21H24ClNO2/c1-3-21(4-2)14-18(17-7-5-6-8-19(17)25-21)23-20(24)13-15-9-11-16(22)12-10-15/h5-12,18H,3-4,13-14H2,1-2H3,(H,23,24)/t18-/m0/s1. The summed E-state index contributed by atoms with van der Waals surface area (Å²) in [5, 5.41) is 3.89. The fourth-order valence-electron chi connectivity index (χ4n) is 3.46. The maximum Gasteiger partial charge on any atom is 0.224 e. The van der Waals surface area contributed by atoms with Crippen molar-refractivity contribution < 1.29 is 9.53 Å². The summed E-state index contributed by atoms with van der Waals surface area (Å²) in [5.41, 5.74) is 1.80. The van der Waals surface area contributed by atoms with Gasteiger partial charge in [0.15, 0.2) is 0 Å². The first-order valence-electron chi connectivity index (χ1n) is 8.87. The van der Waals surface area contributed by atoms with E-state index < -0.39 is 0 Å². The minimum Gasteiger partial charge on any atom is -0.487 e. The van der Waals surface area contributed by atoms with Gasteiger partial charge in [0, 0.05) is 17.0 Å². The van der Waals surface area contributed by atoms with Gasteiger partial charge in [0.1, 0.15) is 11.4 Å². The lowest BCUT2D eigenvalue weighted by Crippen LogP contribution is -2.44. The van der Waals surface area contributed by atoms with E-state index in [1.807, 2.05) is 48.5 Å². The number of benzene rings is 2. The van der Waals surface area contributed by atoms with Gasteiger partial charge in [-0.3, -0.25) is 4.79 Å². The van der Waals surface area contributed by atoms with Crippen LogP contribution in [0.1, 0.15) is 50.3 Å². The summed E-state index contributed by atoms with van der Waals surface area (Å²) in [7, 11) is 0. The van der Waals surface area contributed by atoms with E-state index in [0.717, 1.165) is 36.1 Å². The Kier molecular flexibility index (Phi) is 5.33. The second-order valence-electron chi connectivity index (χ2n) is 6.66. The van der Waals surface area contributed by atoms with E-state index >= 15 is 0 Å². The van der Waals surface area contributed by atoms with E-state index in [0.29, 0.717) is 11.4 Å². The van der Waals surface area contributed by atoms with Gasteiger partial charge in [-0.1, -0.05) is 55.8 Å². The molecule has 0 bridgehead atoms. The van der Waals surface area contributed by atoms with Gasteiger partial charge in [-0.05, 0) is 36.6 Å². The lowest BCUT2D eigenvalue weighted by atomic mass is 9.83. The van der Waals surface area contributed by atoms with Crippen LogP contribution in [0.4, 0.5) is 0 Å². The molecule has 1 amide bonds. The highest BCUT2D eigenvalue weighted by Gasteiger charge is 2.38.